The van der Waals surface area contributed by atoms with Gasteiger partial charge in [0.25, 0.3) is 0 Å². The summed E-state index contributed by atoms with van der Waals surface area (Å²) < 4.78 is 6.78. The molecular weight excluding hydrogens is 308 g/mol. The number of ether oxygens (including phenoxy) is 1. The van der Waals surface area contributed by atoms with Crippen molar-refractivity contribution in [2.24, 2.45) is 0 Å². The highest BCUT2D eigenvalue weighted by molar-refractivity contribution is 5.15. The molecule has 4 rings (SSSR count). The molecule has 0 radical (unpaired) electrons. The molecule has 2 heterocycles. The van der Waals surface area contributed by atoms with E-state index in [4.69, 9.17) is 4.74 Å². The van der Waals surface area contributed by atoms with Gasteiger partial charge in [-0.25, -0.2) is 0 Å². The normalized spacial score (nSPS) is 22.2. The van der Waals surface area contributed by atoms with Gasteiger partial charge in [-0.2, -0.15) is 0 Å². The van der Waals surface area contributed by atoms with Crippen LogP contribution in [0.5, 0.6) is 0 Å². The zero-order valence-corrected chi connectivity index (χ0v) is 15.3. The summed E-state index contributed by atoms with van der Waals surface area (Å²) in [4.78, 5) is 9.05. The van der Waals surface area contributed by atoms with Crippen LogP contribution in [0.4, 0.5) is 0 Å². The molecular formula is C22H28N2O. The van der Waals surface area contributed by atoms with Crippen LogP contribution < -0.4 is 0 Å². The van der Waals surface area contributed by atoms with Crippen molar-refractivity contribution in [1.82, 2.24) is 9.97 Å². The third-order valence-corrected chi connectivity index (χ3v) is 5.79. The van der Waals surface area contributed by atoms with E-state index < -0.39 is 0 Å². The van der Waals surface area contributed by atoms with Crippen LogP contribution >= 0.6 is 0 Å². The maximum absolute atomic E-state index is 6.78. The molecule has 0 spiro atoms. The molecule has 0 aromatic carbocycles. The first-order valence-corrected chi connectivity index (χ1v) is 9.62. The molecule has 0 amide bonds. The van der Waals surface area contributed by atoms with Crippen molar-refractivity contribution in [1.29, 1.82) is 0 Å². The van der Waals surface area contributed by atoms with Gasteiger partial charge >= 0.3 is 0 Å². The Morgan fingerprint density at radius 2 is 1.24 bits per heavy atom. The van der Waals surface area contributed by atoms with Crippen molar-refractivity contribution in [3.8, 4) is 0 Å². The number of pyridine rings is 2. The molecule has 0 saturated heterocycles. The van der Waals surface area contributed by atoms with E-state index in [2.05, 4.69) is 48.1 Å². The molecule has 2 aliphatic rings. The van der Waals surface area contributed by atoms with E-state index in [9.17, 15) is 0 Å². The van der Waals surface area contributed by atoms with Gasteiger partial charge in [-0.05, 0) is 62.8 Å². The number of rotatable bonds is 8. The predicted octanol–water partition coefficient (Wildman–Crippen LogP) is 5.25. The summed E-state index contributed by atoms with van der Waals surface area (Å²) in [5, 5.41) is 0. The van der Waals surface area contributed by atoms with E-state index >= 15 is 0 Å². The molecule has 2 atom stereocenters. The molecule has 2 saturated carbocycles. The smallest absolute Gasteiger partial charge is 0.0698 e. The summed E-state index contributed by atoms with van der Waals surface area (Å²) in [6.45, 7) is 4.56. The molecule has 2 fully saturated rings. The lowest BCUT2D eigenvalue weighted by Gasteiger charge is -2.28. The second kappa shape index (κ2) is 6.53. The number of hydrogen-bond donors (Lipinski definition) is 0. The maximum atomic E-state index is 6.78. The molecule has 2 unspecified atom stereocenters. The average Bonchev–Trinajstić information content (AvgIpc) is 3.56. The van der Waals surface area contributed by atoms with Crippen molar-refractivity contribution in [2.45, 2.75) is 75.4 Å². The molecule has 0 bridgehead atoms. The summed E-state index contributed by atoms with van der Waals surface area (Å²) >= 11 is 0. The quantitative estimate of drug-likeness (QED) is 0.661. The summed E-state index contributed by atoms with van der Waals surface area (Å²) in [6.07, 6.45) is 10.8. The van der Waals surface area contributed by atoms with Crippen LogP contribution in [-0.2, 0) is 4.74 Å². The fourth-order valence-electron chi connectivity index (χ4n) is 4.09. The van der Waals surface area contributed by atoms with Crippen LogP contribution in [-0.4, -0.2) is 21.2 Å². The molecule has 2 aliphatic carbocycles. The number of aromatic nitrogens is 2. The topological polar surface area (TPSA) is 35.0 Å². The SMILES string of the molecule is CC(CC1(OC2(CC(C)c3ccccn3)CC2)CC1)c1ccccn1. The highest BCUT2D eigenvalue weighted by atomic mass is 16.5. The molecule has 2 aromatic rings. The second-order valence-corrected chi connectivity index (χ2v) is 8.19. The fourth-order valence-corrected chi connectivity index (χ4v) is 4.09. The van der Waals surface area contributed by atoms with Crippen LogP contribution in [0.2, 0.25) is 0 Å². The van der Waals surface area contributed by atoms with Crippen molar-refractivity contribution < 1.29 is 4.74 Å². The summed E-state index contributed by atoms with van der Waals surface area (Å²) in [7, 11) is 0. The third-order valence-electron chi connectivity index (χ3n) is 5.79. The Bertz CT molecular complexity index is 631. The minimum atomic E-state index is 0.0945. The standard InChI is InChI=1S/C22H28N2O/c1-17(19-7-3-5-13-23-19)15-21(9-10-21)25-22(11-12-22)16-18(2)20-8-4-6-14-24-20/h3-8,13-14,17-18H,9-12,15-16H2,1-2H3. The maximum Gasteiger partial charge on any atom is 0.0698 e. The molecule has 3 heteroatoms. The van der Waals surface area contributed by atoms with Crippen LogP contribution in [0.15, 0.2) is 48.8 Å². The first kappa shape index (κ1) is 16.7. The predicted molar refractivity (Wildman–Crippen MR) is 99.6 cm³/mol. The highest BCUT2D eigenvalue weighted by Gasteiger charge is 2.55. The van der Waals surface area contributed by atoms with E-state index in [0.29, 0.717) is 11.8 Å². The minimum Gasteiger partial charge on any atom is -0.368 e. The lowest BCUT2D eigenvalue weighted by molar-refractivity contribution is -0.0608. The van der Waals surface area contributed by atoms with Crippen molar-refractivity contribution >= 4 is 0 Å². The largest absolute Gasteiger partial charge is 0.368 e. The number of hydrogen-bond acceptors (Lipinski definition) is 3. The minimum absolute atomic E-state index is 0.0945. The van der Waals surface area contributed by atoms with Crippen LogP contribution in [0, 0.1) is 0 Å². The van der Waals surface area contributed by atoms with Gasteiger partial charge in [-0.3, -0.25) is 9.97 Å². The Hall–Kier alpha value is -1.74. The molecule has 2 aromatic heterocycles. The van der Waals surface area contributed by atoms with Gasteiger partial charge in [0.2, 0.25) is 0 Å². The summed E-state index contributed by atoms with van der Waals surface area (Å²) in [5.41, 5.74) is 2.56. The average molecular weight is 336 g/mol. The molecule has 25 heavy (non-hydrogen) atoms. The van der Waals surface area contributed by atoms with Gasteiger partial charge in [0.15, 0.2) is 0 Å². The van der Waals surface area contributed by atoms with Crippen molar-refractivity contribution in [3.05, 3.63) is 60.2 Å². The zero-order valence-electron chi connectivity index (χ0n) is 15.3. The van der Waals surface area contributed by atoms with Gasteiger partial charge < -0.3 is 4.74 Å². The van der Waals surface area contributed by atoms with E-state index in [1.54, 1.807) is 0 Å². The van der Waals surface area contributed by atoms with E-state index in [-0.39, 0.29) is 11.2 Å². The number of nitrogens with zero attached hydrogens (tertiary/aromatic N) is 2. The van der Waals surface area contributed by atoms with Gasteiger partial charge in [-0.1, -0.05) is 26.0 Å². The van der Waals surface area contributed by atoms with Gasteiger partial charge in [-0.15, -0.1) is 0 Å². The van der Waals surface area contributed by atoms with Gasteiger partial charge in [0.05, 0.1) is 11.2 Å². The monoisotopic (exact) mass is 336 g/mol. The lowest BCUT2D eigenvalue weighted by atomic mass is 9.95. The molecule has 0 aliphatic heterocycles. The Morgan fingerprint density at radius 1 is 0.800 bits per heavy atom. The molecule has 132 valence electrons. The first-order valence-electron chi connectivity index (χ1n) is 9.62. The Kier molecular flexibility index (Phi) is 4.36. The Morgan fingerprint density at radius 3 is 1.56 bits per heavy atom. The van der Waals surface area contributed by atoms with Crippen molar-refractivity contribution in [2.75, 3.05) is 0 Å². The third kappa shape index (κ3) is 3.92. The fraction of sp³-hybridized carbons (Fsp3) is 0.545. The van der Waals surface area contributed by atoms with Gasteiger partial charge in [0, 0.05) is 35.6 Å². The van der Waals surface area contributed by atoms with Gasteiger partial charge in [0.1, 0.15) is 0 Å². The Labute approximate surface area is 150 Å². The molecule has 3 nitrogen and oxygen atoms in total. The molecule has 0 N–H and O–H groups in total. The Balaban J connectivity index is 1.38. The summed E-state index contributed by atoms with van der Waals surface area (Å²) in [5.74, 6) is 0.903. The lowest BCUT2D eigenvalue weighted by Crippen LogP contribution is -2.28. The second-order valence-electron chi connectivity index (χ2n) is 8.19. The van der Waals surface area contributed by atoms with E-state index in [1.165, 1.54) is 37.1 Å². The van der Waals surface area contributed by atoms with Crippen LogP contribution in [0.1, 0.15) is 75.6 Å². The van der Waals surface area contributed by atoms with Crippen molar-refractivity contribution in [3.63, 3.8) is 0 Å². The van der Waals surface area contributed by atoms with E-state index in [0.717, 1.165) is 12.8 Å². The zero-order chi connectivity index (χ0) is 17.3. The summed E-state index contributed by atoms with van der Waals surface area (Å²) in [6, 6.07) is 12.4. The highest BCUT2D eigenvalue weighted by Crippen LogP contribution is 2.56. The van der Waals surface area contributed by atoms with E-state index in [1.807, 2.05) is 24.5 Å². The van der Waals surface area contributed by atoms with Crippen LogP contribution in [0.25, 0.3) is 0 Å². The van der Waals surface area contributed by atoms with Crippen LogP contribution in [0.3, 0.4) is 0 Å². The first-order chi connectivity index (χ1) is 12.1.